The van der Waals surface area contributed by atoms with Gasteiger partial charge in [-0.1, -0.05) is 187 Å². The van der Waals surface area contributed by atoms with Gasteiger partial charge in [-0.05, 0) is 115 Å². The minimum Gasteiger partial charge on any atom is -0.309 e. The van der Waals surface area contributed by atoms with Crippen LogP contribution in [0.25, 0.3) is 44.2 Å². The second-order valence-corrected chi connectivity index (χ2v) is 19.4. The molecule has 0 bridgehead atoms. The van der Waals surface area contributed by atoms with Gasteiger partial charge in [0.1, 0.15) is 0 Å². The zero-order valence-electron chi connectivity index (χ0n) is 36.9. The van der Waals surface area contributed by atoms with Crippen molar-refractivity contribution in [2.45, 2.75) is 57.8 Å². The van der Waals surface area contributed by atoms with Crippen molar-refractivity contribution in [2.75, 3.05) is 9.80 Å². The van der Waals surface area contributed by atoms with E-state index in [4.69, 9.17) is 0 Å². The molecule has 3 aliphatic rings. The topological polar surface area (TPSA) is 6.48 Å². The third-order valence-electron chi connectivity index (χ3n) is 14.8. The smallest absolute Gasteiger partial charge is 0.0543 e. The molecule has 2 aliphatic heterocycles. The van der Waals surface area contributed by atoms with Crippen LogP contribution in [0.3, 0.4) is 0 Å². The molecule has 0 unspecified atom stereocenters. The highest BCUT2D eigenvalue weighted by molar-refractivity contribution is 6.02. The molecule has 9 aromatic carbocycles. The molecule has 63 heavy (non-hydrogen) atoms. The largest absolute Gasteiger partial charge is 0.309 e. The molecule has 0 radical (unpaired) electrons. The summed E-state index contributed by atoms with van der Waals surface area (Å²) < 4.78 is 0. The molecule has 304 valence electrons. The van der Waals surface area contributed by atoms with Crippen LogP contribution >= 0.6 is 0 Å². The maximum Gasteiger partial charge on any atom is 0.0543 e. The molecular weight excluding hydrogens is 761 g/mol. The van der Waals surface area contributed by atoms with Crippen LogP contribution in [-0.4, -0.2) is 0 Å². The summed E-state index contributed by atoms with van der Waals surface area (Å²) >= 11 is 0. The Kier molecular flexibility index (Phi) is 8.01. The third-order valence-corrected chi connectivity index (χ3v) is 14.8. The van der Waals surface area contributed by atoms with Crippen LogP contribution in [0.5, 0.6) is 0 Å². The zero-order valence-corrected chi connectivity index (χ0v) is 36.9. The van der Waals surface area contributed by atoms with Crippen LogP contribution in [0.4, 0.5) is 34.1 Å². The second kappa shape index (κ2) is 13.4. The lowest BCUT2D eigenvalue weighted by molar-refractivity contribution is 0.597. The fourth-order valence-electron chi connectivity index (χ4n) is 11.4. The first kappa shape index (κ1) is 37.6. The van der Waals surface area contributed by atoms with E-state index < -0.39 is 0 Å². The Morgan fingerprint density at radius 2 is 0.889 bits per heavy atom. The van der Waals surface area contributed by atoms with Crippen LogP contribution in [0, 0.1) is 0 Å². The van der Waals surface area contributed by atoms with Gasteiger partial charge in [0.05, 0.1) is 28.4 Å². The number of fused-ring (bicyclic) bond motifs is 8. The Balaban J connectivity index is 0.974. The first-order valence-electron chi connectivity index (χ1n) is 22.4. The monoisotopic (exact) mass is 810 g/mol. The molecule has 0 spiro atoms. The Labute approximate surface area is 371 Å². The molecular formula is C61H50N2. The van der Waals surface area contributed by atoms with Gasteiger partial charge in [0.15, 0.2) is 0 Å². The quantitative estimate of drug-likeness (QED) is 0.171. The minimum atomic E-state index is -0.229. The van der Waals surface area contributed by atoms with Crippen LogP contribution in [0.2, 0.25) is 0 Å². The van der Waals surface area contributed by atoms with Crippen molar-refractivity contribution in [2.24, 2.45) is 0 Å². The van der Waals surface area contributed by atoms with E-state index in [1.807, 2.05) is 0 Å². The van der Waals surface area contributed by atoms with E-state index in [1.54, 1.807) is 0 Å². The van der Waals surface area contributed by atoms with Crippen molar-refractivity contribution in [1.82, 2.24) is 0 Å². The Hall–Kier alpha value is -7.16. The SMILES string of the molecule is CC1(C)c2cc(-c3ccc4c(c3)C(C)(C)c3cccc5c3N4c3ccccc3C5(C)C)ccc2-c2ccc(N(c3ccccc3-c3ccccc3)c3cccc4ccccc34)cc21. The summed E-state index contributed by atoms with van der Waals surface area (Å²) in [5.74, 6) is 0. The van der Waals surface area contributed by atoms with Crippen molar-refractivity contribution >= 4 is 44.9 Å². The summed E-state index contributed by atoms with van der Waals surface area (Å²) in [6.07, 6.45) is 0. The van der Waals surface area contributed by atoms with Crippen LogP contribution in [0.1, 0.15) is 74.9 Å². The molecule has 1 aliphatic carbocycles. The molecule has 0 aromatic heterocycles. The number of anilines is 6. The van der Waals surface area contributed by atoms with Crippen molar-refractivity contribution in [1.29, 1.82) is 0 Å². The summed E-state index contributed by atoms with van der Waals surface area (Å²) in [5, 5.41) is 2.45. The number of hydrogen-bond acceptors (Lipinski definition) is 2. The van der Waals surface area contributed by atoms with Gasteiger partial charge in [0, 0.05) is 32.9 Å². The van der Waals surface area contributed by atoms with Gasteiger partial charge in [-0.25, -0.2) is 0 Å². The molecule has 0 fully saturated rings. The number of nitrogens with zero attached hydrogens (tertiary/aromatic N) is 2. The highest BCUT2D eigenvalue weighted by Gasteiger charge is 2.45. The van der Waals surface area contributed by atoms with Gasteiger partial charge in [0.25, 0.3) is 0 Å². The lowest BCUT2D eigenvalue weighted by Gasteiger charge is -2.49. The van der Waals surface area contributed by atoms with E-state index in [2.05, 4.69) is 245 Å². The maximum absolute atomic E-state index is 2.55. The predicted molar refractivity (Wildman–Crippen MR) is 266 cm³/mol. The lowest BCUT2D eigenvalue weighted by Crippen LogP contribution is -2.38. The maximum atomic E-state index is 2.55. The number of para-hydroxylation sites is 3. The van der Waals surface area contributed by atoms with Crippen molar-refractivity contribution in [3.8, 4) is 33.4 Å². The van der Waals surface area contributed by atoms with Gasteiger partial charge in [-0.3, -0.25) is 0 Å². The fraction of sp³-hybridized carbons (Fsp3) is 0.148. The van der Waals surface area contributed by atoms with Gasteiger partial charge in [0.2, 0.25) is 0 Å². The standard InChI is InChI=1S/C61H50N2/c1-59(2)48-24-13-15-28-56(48)63-57-35-31-42(37-53(57)60(3,4)50-26-17-25-49(59)58(50)63)41-30-33-46-47-34-32-43(38-52(47)61(5,6)51(46)36-41)62(55-29-16-21-40-20-10-11-22-45(40)55)54-27-14-12-23-44(54)39-18-8-7-9-19-39/h7-38H,1-6H3. The molecule has 2 heterocycles. The molecule has 12 rings (SSSR count). The first-order valence-corrected chi connectivity index (χ1v) is 22.4. The number of rotatable bonds is 5. The van der Waals surface area contributed by atoms with Gasteiger partial charge in [-0.2, -0.15) is 0 Å². The second-order valence-electron chi connectivity index (χ2n) is 19.4. The molecule has 0 saturated heterocycles. The number of benzene rings is 9. The third kappa shape index (κ3) is 5.37. The predicted octanol–water partition coefficient (Wildman–Crippen LogP) is 16.7. The average Bonchev–Trinajstić information content (AvgIpc) is 3.54. The van der Waals surface area contributed by atoms with Crippen molar-refractivity contribution < 1.29 is 0 Å². The first-order chi connectivity index (χ1) is 30.5. The van der Waals surface area contributed by atoms with Crippen LogP contribution < -0.4 is 9.80 Å². The van der Waals surface area contributed by atoms with E-state index in [1.165, 1.54) is 94.6 Å². The molecule has 2 heteroatoms. The van der Waals surface area contributed by atoms with Crippen LogP contribution in [0.15, 0.2) is 194 Å². The van der Waals surface area contributed by atoms with E-state index >= 15 is 0 Å². The highest BCUT2D eigenvalue weighted by Crippen LogP contribution is 2.60. The summed E-state index contributed by atoms with van der Waals surface area (Å²) in [6.45, 7) is 14.4. The van der Waals surface area contributed by atoms with E-state index in [-0.39, 0.29) is 16.2 Å². The van der Waals surface area contributed by atoms with Gasteiger partial charge < -0.3 is 9.80 Å². The van der Waals surface area contributed by atoms with Crippen molar-refractivity contribution in [3.63, 3.8) is 0 Å². The summed E-state index contributed by atoms with van der Waals surface area (Å²) in [4.78, 5) is 5.03. The molecule has 9 aromatic rings. The van der Waals surface area contributed by atoms with Gasteiger partial charge in [-0.15, -0.1) is 0 Å². The highest BCUT2D eigenvalue weighted by atomic mass is 15.2. The molecule has 0 saturated carbocycles. The molecule has 0 amide bonds. The van der Waals surface area contributed by atoms with Gasteiger partial charge >= 0.3 is 0 Å². The minimum absolute atomic E-state index is 0.0949. The van der Waals surface area contributed by atoms with E-state index in [0.717, 1.165) is 17.1 Å². The Morgan fingerprint density at radius 3 is 1.70 bits per heavy atom. The molecule has 2 nitrogen and oxygen atoms in total. The van der Waals surface area contributed by atoms with E-state index in [0.29, 0.717) is 0 Å². The number of hydrogen-bond donors (Lipinski definition) is 0. The summed E-state index contributed by atoms with van der Waals surface area (Å²) in [6, 6.07) is 72.6. The Morgan fingerprint density at radius 1 is 0.349 bits per heavy atom. The summed E-state index contributed by atoms with van der Waals surface area (Å²) in [7, 11) is 0. The zero-order chi connectivity index (χ0) is 42.8. The Bertz CT molecular complexity index is 3330. The normalized spacial score (nSPS) is 15.5. The summed E-state index contributed by atoms with van der Waals surface area (Å²) in [5.41, 5.74) is 22.6. The molecule has 0 atom stereocenters. The van der Waals surface area contributed by atoms with Crippen molar-refractivity contribution in [3.05, 3.63) is 228 Å². The fourth-order valence-corrected chi connectivity index (χ4v) is 11.4. The van der Waals surface area contributed by atoms with Crippen LogP contribution in [-0.2, 0) is 16.2 Å². The van der Waals surface area contributed by atoms with E-state index in [9.17, 15) is 0 Å². The lowest BCUT2D eigenvalue weighted by atomic mass is 9.66. The average molecular weight is 811 g/mol. The molecule has 0 N–H and O–H groups in total.